The second-order valence-corrected chi connectivity index (χ2v) is 9.11. The molecule has 5 nitrogen and oxygen atoms in total. The van der Waals surface area contributed by atoms with Crippen LogP contribution in [0.4, 0.5) is 5.69 Å². The monoisotopic (exact) mass is 350 g/mol. The van der Waals surface area contributed by atoms with Crippen LogP contribution in [0.3, 0.4) is 0 Å². The molecule has 0 aromatic heterocycles. The number of amides is 1. The van der Waals surface area contributed by atoms with E-state index in [9.17, 15) is 13.2 Å². The molecule has 24 heavy (non-hydrogen) atoms. The fraction of sp³-hybridized carbons (Fsp3) is 0.611. The van der Waals surface area contributed by atoms with Crippen molar-refractivity contribution < 1.29 is 13.2 Å². The molecular formula is C18H26N2O3S. The summed E-state index contributed by atoms with van der Waals surface area (Å²) in [6.07, 6.45) is 5.48. The fourth-order valence-electron chi connectivity index (χ4n) is 3.49. The van der Waals surface area contributed by atoms with Crippen molar-refractivity contribution in [3.63, 3.8) is 0 Å². The molecule has 2 aliphatic heterocycles. The number of hydrogen-bond donors (Lipinski definition) is 1. The maximum Gasteiger partial charge on any atom is 0.220 e. The number of benzene rings is 1. The summed E-state index contributed by atoms with van der Waals surface area (Å²) in [7, 11) is -2.94. The van der Waals surface area contributed by atoms with Gasteiger partial charge in [0.15, 0.2) is 9.84 Å². The highest BCUT2D eigenvalue weighted by atomic mass is 32.2. The molecule has 1 unspecified atom stereocenters. The minimum absolute atomic E-state index is 0.0581. The quantitative estimate of drug-likeness (QED) is 0.881. The second-order valence-electron chi connectivity index (χ2n) is 6.88. The highest BCUT2D eigenvalue weighted by molar-refractivity contribution is 7.91. The number of sulfone groups is 1. The van der Waals surface area contributed by atoms with Gasteiger partial charge >= 0.3 is 0 Å². The molecule has 1 aromatic carbocycles. The summed E-state index contributed by atoms with van der Waals surface area (Å²) in [6, 6.07) is 8.27. The zero-order valence-corrected chi connectivity index (χ0v) is 14.9. The average Bonchev–Trinajstić information content (AvgIpc) is 2.93. The molecule has 0 radical (unpaired) electrons. The van der Waals surface area contributed by atoms with Gasteiger partial charge in [-0.15, -0.1) is 0 Å². The van der Waals surface area contributed by atoms with Crippen molar-refractivity contribution in [2.45, 2.75) is 44.6 Å². The van der Waals surface area contributed by atoms with Gasteiger partial charge in [0.2, 0.25) is 5.91 Å². The molecule has 3 rings (SSSR count). The van der Waals surface area contributed by atoms with Gasteiger partial charge in [0.1, 0.15) is 0 Å². The molecule has 1 N–H and O–H groups in total. The molecule has 2 heterocycles. The van der Waals surface area contributed by atoms with Crippen LogP contribution in [0, 0.1) is 0 Å². The van der Waals surface area contributed by atoms with Crippen LogP contribution >= 0.6 is 0 Å². The van der Waals surface area contributed by atoms with Crippen molar-refractivity contribution in [3.05, 3.63) is 29.8 Å². The molecule has 2 saturated heterocycles. The fourth-order valence-corrected chi connectivity index (χ4v) is 5.17. The number of piperidine rings is 1. The molecule has 1 atom stereocenters. The lowest BCUT2D eigenvalue weighted by molar-refractivity contribution is -0.121. The number of aryl methyl sites for hydroxylation is 1. The van der Waals surface area contributed by atoms with Crippen LogP contribution in [0.2, 0.25) is 0 Å². The smallest absolute Gasteiger partial charge is 0.220 e. The summed E-state index contributed by atoms with van der Waals surface area (Å²) in [4.78, 5) is 14.4. The first kappa shape index (κ1) is 17.3. The predicted molar refractivity (Wildman–Crippen MR) is 96.0 cm³/mol. The summed E-state index contributed by atoms with van der Waals surface area (Å²) in [5, 5.41) is 2.84. The van der Waals surface area contributed by atoms with Crippen molar-refractivity contribution in [2.75, 3.05) is 29.5 Å². The summed E-state index contributed by atoms with van der Waals surface area (Å²) in [5.41, 5.74) is 2.41. The van der Waals surface area contributed by atoms with Gasteiger partial charge < -0.3 is 10.2 Å². The number of anilines is 1. The van der Waals surface area contributed by atoms with Crippen LogP contribution in [-0.2, 0) is 21.1 Å². The minimum atomic E-state index is -2.94. The third kappa shape index (κ3) is 4.72. The van der Waals surface area contributed by atoms with Crippen molar-refractivity contribution in [2.24, 2.45) is 0 Å². The van der Waals surface area contributed by atoms with Gasteiger partial charge in [-0.1, -0.05) is 12.1 Å². The maximum absolute atomic E-state index is 12.0. The lowest BCUT2D eigenvalue weighted by atomic mass is 10.1. The summed E-state index contributed by atoms with van der Waals surface area (Å²) in [6.45, 7) is 2.26. The lowest BCUT2D eigenvalue weighted by Crippen LogP contribution is -2.35. The van der Waals surface area contributed by atoms with Gasteiger partial charge in [-0.2, -0.15) is 0 Å². The van der Waals surface area contributed by atoms with E-state index in [1.165, 1.54) is 24.9 Å². The Morgan fingerprint density at radius 3 is 2.46 bits per heavy atom. The van der Waals surface area contributed by atoms with Gasteiger partial charge in [-0.25, -0.2) is 8.42 Å². The maximum atomic E-state index is 12.0. The topological polar surface area (TPSA) is 66.5 Å². The number of carbonyl (C=O) groups excluding carboxylic acids is 1. The normalized spacial score (nSPS) is 23.2. The Morgan fingerprint density at radius 2 is 1.83 bits per heavy atom. The summed E-state index contributed by atoms with van der Waals surface area (Å²) in [5.74, 6) is 0.219. The Labute approximate surface area is 144 Å². The van der Waals surface area contributed by atoms with Crippen LogP contribution in [0.5, 0.6) is 0 Å². The van der Waals surface area contributed by atoms with Crippen molar-refractivity contribution in [1.29, 1.82) is 0 Å². The first-order valence-electron chi connectivity index (χ1n) is 8.85. The molecule has 1 amide bonds. The van der Waals surface area contributed by atoms with Crippen LogP contribution < -0.4 is 10.2 Å². The zero-order valence-electron chi connectivity index (χ0n) is 14.0. The standard InChI is InChI=1S/C18H26N2O3S/c21-18(19-16-10-13-24(22,23)14-16)9-6-15-4-7-17(8-5-15)20-11-2-1-3-12-20/h4-5,7-8,16H,1-3,6,9-14H2,(H,19,21). The molecule has 0 aliphatic carbocycles. The lowest BCUT2D eigenvalue weighted by Gasteiger charge is -2.28. The van der Waals surface area contributed by atoms with Crippen LogP contribution in [0.25, 0.3) is 0 Å². The Hall–Kier alpha value is -1.56. The SMILES string of the molecule is O=C(CCc1ccc(N2CCCCC2)cc1)NC1CCS(=O)(=O)C1. The van der Waals surface area contributed by atoms with Gasteiger partial charge in [0, 0.05) is 31.2 Å². The summed E-state index contributed by atoms with van der Waals surface area (Å²) < 4.78 is 22.8. The van der Waals surface area contributed by atoms with E-state index in [1.807, 2.05) is 0 Å². The number of nitrogens with one attached hydrogen (secondary N) is 1. The molecule has 0 bridgehead atoms. The molecule has 2 aliphatic rings. The van der Waals surface area contributed by atoms with Gasteiger partial charge in [0.05, 0.1) is 11.5 Å². The number of carbonyl (C=O) groups is 1. The molecular weight excluding hydrogens is 324 g/mol. The highest BCUT2D eigenvalue weighted by Crippen LogP contribution is 2.20. The van der Waals surface area contributed by atoms with E-state index < -0.39 is 9.84 Å². The van der Waals surface area contributed by atoms with E-state index in [1.54, 1.807) is 0 Å². The van der Waals surface area contributed by atoms with Crippen molar-refractivity contribution in [3.8, 4) is 0 Å². The number of hydrogen-bond acceptors (Lipinski definition) is 4. The van der Waals surface area contributed by atoms with Gasteiger partial charge in [-0.05, 0) is 49.8 Å². The number of nitrogens with zero attached hydrogens (tertiary/aromatic N) is 1. The zero-order chi connectivity index (χ0) is 17.0. The first-order valence-corrected chi connectivity index (χ1v) is 10.7. The van der Waals surface area contributed by atoms with E-state index in [0.717, 1.165) is 18.7 Å². The second kappa shape index (κ2) is 7.55. The van der Waals surface area contributed by atoms with E-state index in [4.69, 9.17) is 0 Å². The Balaban J connectivity index is 1.45. The van der Waals surface area contributed by atoms with Crippen molar-refractivity contribution in [1.82, 2.24) is 5.32 Å². The van der Waals surface area contributed by atoms with E-state index in [2.05, 4.69) is 34.5 Å². The molecule has 0 spiro atoms. The molecule has 132 valence electrons. The van der Waals surface area contributed by atoms with Crippen LogP contribution in [0.1, 0.15) is 37.7 Å². The van der Waals surface area contributed by atoms with Crippen LogP contribution in [-0.4, -0.2) is 45.0 Å². The minimum Gasteiger partial charge on any atom is -0.372 e. The van der Waals surface area contributed by atoms with Crippen LogP contribution in [0.15, 0.2) is 24.3 Å². The van der Waals surface area contributed by atoms with E-state index >= 15 is 0 Å². The largest absolute Gasteiger partial charge is 0.372 e. The molecule has 2 fully saturated rings. The molecule has 6 heteroatoms. The first-order chi connectivity index (χ1) is 11.5. The third-order valence-electron chi connectivity index (χ3n) is 4.90. The summed E-state index contributed by atoms with van der Waals surface area (Å²) >= 11 is 0. The Bertz CT molecular complexity index is 664. The predicted octanol–water partition coefficient (Wildman–Crippen LogP) is 1.91. The highest BCUT2D eigenvalue weighted by Gasteiger charge is 2.28. The van der Waals surface area contributed by atoms with E-state index in [0.29, 0.717) is 19.3 Å². The van der Waals surface area contributed by atoms with E-state index in [-0.39, 0.29) is 23.5 Å². The Morgan fingerprint density at radius 1 is 1.12 bits per heavy atom. The van der Waals surface area contributed by atoms with Gasteiger partial charge in [0.25, 0.3) is 0 Å². The third-order valence-corrected chi connectivity index (χ3v) is 6.66. The van der Waals surface area contributed by atoms with Gasteiger partial charge in [-0.3, -0.25) is 4.79 Å². The Kier molecular flexibility index (Phi) is 5.43. The van der Waals surface area contributed by atoms with Crippen molar-refractivity contribution >= 4 is 21.4 Å². The molecule has 1 aromatic rings. The number of rotatable bonds is 5. The average molecular weight is 350 g/mol. The molecule has 0 saturated carbocycles.